The van der Waals surface area contributed by atoms with Crippen LogP contribution in [0.2, 0.25) is 5.02 Å². The predicted molar refractivity (Wildman–Crippen MR) is 90.8 cm³/mol. The minimum Gasteiger partial charge on any atom is -0.506 e. The third kappa shape index (κ3) is 3.15. The van der Waals surface area contributed by atoms with Crippen molar-refractivity contribution in [3.8, 4) is 22.6 Å². The smallest absolute Gasteiger partial charge is 0.338 e. The summed E-state index contributed by atoms with van der Waals surface area (Å²) in [6, 6.07) is 4.98. The van der Waals surface area contributed by atoms with E-state index in [1.807, 2.05) is 0 Å². The first-order chi connectivity index (χ1) is 11.3. The second-order valence-corrected chi connectivity index (χ2v) is 5.81. The molecule has 0 aliphatic heterocycles. The van der Waals surface area contributed by atoms with E-state index in [1.165, 1.54) is 25.3 Å². The fourth-order valence-corrected chi connectivity index (χ4v) is 3.00. The van der Waals surface area contributed by atoms with Gasteiger partial charge in [-0.25, -0.2) is 4.79 Å². The molecule has 0 radical (unpaired) electrons. The number of rotatable bonds is 4. The SMILES string of the molecule is COC(=O)c1cc([N+](=O)[O-])ccc1-c1c(Cl)c(O)cc(Br)c1OC. The lowest BCUT2D eigenvalue weighted by Crippen LogP contribution is -2.05. The molecule has 2 aromatic rings. The molecule has 2 rings (SSSR count). The first-order valence-corrected chi connectivity index (χ1v) is 7.61. The molecule has 0 aromatic heterocycles. The Morgan fingerprint density at radius 3 is 2.54 bits per heavy atom. The van der Waals surface area contributed by atoms with Gasteiger partial charge in [0.05, 0.1) is 34.2 Å². The third-order valence-electron chi connectivity index (χ3n) is 3.24. The maximum absolute atomic E-state index is 12.1. The number of carbonyl (C=O) groups excluding carboxylic acids is 1. The second-order valence-electron chi connectivity index (χ2n) is 4.58. The Kier molecular flexibility index (Phi) is 5.30. The van der Waals surface area contributed by atoms with Crippen molar-refractivity contribution in [2.75, 3.05) is 14.2 Å². The van der Waals surface area contributed by atoms with E-state index in [2.05, 4.69) is 20.7 Å². The minimum atomic E-state index is -0.786. The minimum absolute atomic E-state index is 0.0611. The van der Waals surface area contributed by atoms with Gasteiger partial charge in [0.25, 0.3) is 5.69 Å². The molecule has 0 amide bonds. The van der Waals surface area contributed by atoms with Crippen LogP contribution in [0, 0.1) is 10.1 Å². The van der Waals surface area contributed by atoms with Gasteiger partial charge in [-0.05, 0) is 28.1 Å². The molecule has 0 fully saturated rings. The normalized spacial score (nSPS) is 10.3. The molecule has 0 saturated heterocycles. The van der Waals surface area contributed by atoms with E-state index in [1.54, 1.807) is 0 Å². The van der Waals surface area contributed by atoms with Crippen LogP contribution >= 0.6 is 27.5 Å². The molecule has 24 heavy (non-hydrogen) atoms. The van der Waals surface area contributed by atoms with Gasteiger partial charge in [-0.1, -0.05) is 11.6 Å². The van der Waals surface area contributed by atoms with Crippen LogP contribution < -0.4 is 4.74 Å². The number of hydrogen-bond acceptors (Lipinski definition) is 6. The number of nitrogens with zero attached hydrogens (tertiary/aromatic N) is 1. The summed E-state index contributed by atoms with van der Waals surface area (Å²) in [4.78, 5) is 22.4. The van der Waals surface area contributed by atoms with Gasteiger partial charge in [-0.2, -0.15) is 0 Å². The average molecular weight is 417 g/mol. The number of ether oxygens (including phenoxy) is 2. The lowest BCUT2D eigenvalue weighted by atomic mass is 9.97. The summed E-state index contributed by atoms with van der Waals surface area (Å²) >= 11 is 9.41. The van der Waals surface area contributed by atoms with Crippen molar-refractivity contribution in [3.63, 3.8) is 0 Å². The molecule has 7 nitrogen and oxygen atoms in total. The monoisotopic (exact) mass is 415 g/mol. The Bertz CT molecular complexity index is 839. The number of nitro benzene ring substituents is 1. The number of benzene rings is 2. The Balaban J connectivity index is 2.87. The number of esters is 1. The molecule has 0 bridgehead atoms. The summed E-state index contributed by atoms with van der Waals surface area (Å²) in [7, 11) is 2.54. The number of carbonyl (C=O) groups is 1. The molecular formula is C15H11BrClNO6. The van der Waals surface area contributed by atoms with Gasteiger partial charge >= 0.3 is 5.97 Å². The van der Waals surface area contributed by atoms with Crippen molar-refractivity contribution in [1.29, 1.82) is 0 Å². The Hall–Kier alpha value is -2.32. The van der Waals surface area contributed by atoms with E-state index >= 15 is 0 Å². The molecule has 0 saturated carbocycles. The zero-order valence-corrected chi connectivity index (χ0v) is 14.8. The van der Waals surface area contributed by atoms with Crippen molar-refractivity contribution >= 4 is 39.2 Å². The average Bonchev–Trinajstić information content (AvgIpc) is 2.56. The highest BCUT2D eigenvalue weighted by Crippen LogP contribution is 2.47. The van der Waals surface area contributed by atoms with Gasteiger partial charge in [-0.3, -0.25) is 10.1 Å². The topological polar surface area (TPSA) is 98.9 Å². The first kappa shape index (κ1) is 18.0. The number of aromatic hydroxyl groups is 1. The van der Waals surface area contributed by atoms with Crippen LogP contribution in [-0.4, -0.2) is 30.2 Å². The van der Waals surface area contributed by atoms with Crippen LogP contribution in [0.3, 0.4) is 0 Å². The standard InChI is InChI=1S/C15H11BrClNO6/c1-23-14-10(16)6-11(19)13(17)12(14)8-4-3-7(18(21)22)5-9(8)15(20)24-2/h3-6,19H,1-2H3. The predicted octanol–water partition coefficient (Wildman–Crippen LogP) is 4.18. The van der Waals surface area contributed by atoms with Gasteiger partial charge in [0.2, 0.25) is 0 Å². The number of phenols is 1. The number of halogens is 2. The van der Waals surface area contributed by atoms with E-state index in [0.717, 1.165) is 13.2 Å². The lowest BCUT2D eigenvalue weighted by Gasteiger charge is -2.16. The van der Waals surface area contributed by atoms with Gasteiger partial charge in [0.15, 0.2) is 0 Å². The summed E-state index contributed by atoms with van der Waals surface area (Å²) in [5.41, 5.74) is 0.0742. The molecular weight excluding hydrogens is 406 g/mol. The number of hydrogen-bond donors (Lipinski definition) is 1. The highest BCUT2D eigenvalue weighted by atomic mass is 79.9. The van der Waals surface area contributed by atoms with Crippen LogP contribution in [0.25, 0.3) is 11.1 Å². The molecule has 126 valence electrons. The highest BCUT2D eigenvalue weighted by molar-refractivity contribution is 9.10. The Labute approximate surface area is 150 Å². The molecule has 0 unspecified atom stereocenters. The Morgan fingerprint density at radius 2 is 2.00 bits per heavy atom. The van der Waals surface area contributed by atoms with Crippen molar-refractivity contribution in [1.82, 2.24) is 0 Å². The summed E-state index contributed by atoms with van der Waals surface area (Å²) in [6.07, 6.45) is 0. The maximum atomic E-state index is 12.1. The van der Waals surface area contributed by atoms with Crippen molar-refractivity contribution in [2.24, 2.45) is 0 Å². The number of nitro groups is 1. The second kappa shape index (κ2) is 7.06. The highest BCUT2D eigenvalue weighted by Gasteiger charge is 2.25. The van der Waals surface area contributed by atoms with E-state index < -0.39 is 10.9 Å². The lowest BCUT2D eigenvalue weighted by molar-refractivity contribution is -0.384. The molecule has 0 heterocycles. The third-order valence-corrected chi connectivity index (χ3v) is 4.22. The van der Waals surface area contributed by atoms with Crippen LogP contribution in [0.5, 0.6) is 11.5 Å². The van der Waals surface area contributed by atoms with Gasteiger partial charge in [0.1, 0.15) is 11.5 Å². The molecule has 0 atom stereocenters. The van der Waals surface area contributed by atoms with Crippen LogP contribution in [0.1, 0.15) is 10.4 Å². The zero-order chi connectivity index (χ0) is 18.0. The molecule has 0 spiro atoms. The summed E-state index contributed by atoms with van der Waals surface area (Å²) < 4.78 is 10.4. The van der Waals surface area contributed by atoms with Gasteiger partial charge < -0.3 is 14.6 Å². The number of methoxy groups -OCH3 is 2. The first-order valence-electron chi connectivity index (χ1n) is 6.43. The quantitative estimate of drug-likeness (QED) is 0.456. The van der Waals surface area contributed by atoms with Crippen molar-refractivity contribution in [2.45, 2.75) is 0 Å². The largest absolute Gasteiger partial charge is 0.506 e. The Morgan fingerprint density at radius 1 is 1.33 bits per heavy atom. The van der Waals surface area contributed by atoms with Crippen molar-refractivity contribution < 1.29 is 24.3 Å². The summed E-state index contributed by atoms with van der Waals surface area (Å²) in [6.45, 7) is 0. The molecule has 1 N–H and O–H groups in total. The van der Waals surface area contributed by atoms with Crippen molar-refractivity contribution in [3.05, 3.63) is 49.4 Å². The summed E-state index contributed by atoms with van der Waals surface area (Å²) in [5, 5.41) is 20.9. The fraction of sp³-hybridized carbons (Fsp3) is 0.133. The number of non-ortho nitro benzene ring substituents is 1. The van der Waals surface area contributed by atoms with Crippen LogP contribution in [0.4, 0.5) is 5.69 Å². The molecule has 9 heteroatoms. The molecule has 0 aliphatic carbocycles. The zero-order valence-electron chi connectivity index (χ0n) is 12.5. The van der Waals surface area contributed by atoms with E-state index in [9.17, 15) is 20.0 Å². The van der Waals surface area contributed by atoms with E-state index in [-0.39, 0.29) is 38.9 Å². The van der Waals surface area contributed by atoms with Gasteiger partial charge in [0, 0.05) is 23.3 Å². The van der Waals surface area contributed by atoms with E-state index in [4.69, 9.17) is 16.3 Å². The summed E-state index contributed by atoms with van der Waals surface area (Å²) in [5.74, 6) is -0.767. The fourth-order valence-electron chi connectivity index (χ4n) is 2.18. The van der Waals surface area contributed by atoms with Gasteiger partial charge in [-0.15, -0.1) is 0 Å². The molecule has 2 aromatic carbocycles. The maximum Gasteiger partial charge on any atom is 0.338 e. The van der Waals surface area contributed by atoms with Crippen LogP contribution in [-0.2, 0) is 4.74 Å². The van der Waals surface area contributed by atoms with Crippen LogP contribution in [0.15, 0.2) is 28.7 Å². The number of phenolic OH excluding ortho intramolecular Hbond substituents is 1. The van der Waals surface area contributed by atoms with E-state index in [0.29, 0.717) is 4.47 Å². The molecule has 0 aliphatic rings.